The van der Waals surface area contributed by atoms with Crippen LogP contribution in [0.15, 0.2) is 10.9 Å². The lowest BCUT2D eigenvalue weighted by molar-refractivity contribution is -0.135. The standard InChI is InChI=1S/C13H18N4O3/c1-7-4-9(18)16-12(15-7)17-10(19)8-5-13(2,3)11(20)14-6-8/h4,8H,5-6H2,1-3H3,(H,14,20)(H2,15,16,17,18,19). The van der Waals surface area contributed by atoms with Crippen LogP contribution in [-0.2, 0) is 9.59 Å². The van der Waals surface area contributed by atoms with Crippen molar-refractivity contribution in [3.63, 3.8) is 0 Å². The second kappa shape index (κ2) is 5.07. The molecule has 2 heterocycles. The largest absolute Gasteiger partial charge is 0.355 e. The average Bonchev–Trinajstić information content (AvgIpc) is 2.31. The van der Waals surface area contributed by atoms with Crippen LogP contribution in [0.3, 0.4) is 0 Å². The summed E-state index contributed by atoms with van der Waals surface area (Å²) in [5.41, 5.74) is -0.361. The zero-order valence-electron chi connectivity index (χ0n) is 11.7. The minimum absolute atomic E-state index is 0.0522. The van der Waals surface area contributed by atoms with Gasteiger partial charge >= 0.3 is 0 Å². The van der Waals surface area contributed by atoms with E-state index in [0.29, 0.717) is 18.7 Å². The quantitative estimate of drug-likeness (QED) is 0.717. The van der Waals surface area contributed by atoms with E-state index >= 15 is 0 Å². The van der Waals surface area contributed by atoms with E-state index < -0.39 is 5.41 Å². The molecule has 3 N–H and O–H groups in total. The van der Waals surface area contributed by atoms with Crippen molar-refractivity contribution in [2.24, 2.45) is 11.3 Å². The molecule has 0 saturated carbocycles. The number of carbonyl (C=O) groups excluding carboxylic acids is 2. The number of nitrogens with zero attached hydrogens (tertiary/aromatic N) is 1. The summed E-state index contributed by atoms with van der Waals surface area (Å²) in [6, 6.07) is 1.35. The van der Waals surface area contributed by atoms with Crippen LogP contribution in [0.25, 0.3) is 0 Å². The first-order chi connectivity index (χ1) is 9.28. The smallest absolute Gasteiger partial charge is 0.252 e. The summed E-state index contributed by atoms with van der Waals surface area (Å²) in [6.07, 6.45) is 0.459. The van der Waals surface area contributed by atoms with Crippen LogP contribution in [0.5, 0.6) is 0 Å². The molecule has 0 radical (unpaired) electrons. The van der Waals surface area contributed by atoms with Gasteiger partial charge in [0, 0.05) is 23.7 Å². The summed E-state index contributed by atoms with van der Waals surface area (Å²) in [6.45, 7) is 5.57. The predicted octanol–water partition coefficient (Wildman–Crippen LogP) is 0.179. The summed E-state index contributed by atoms with van der Waals surface area (Å²) in [5.74, 6) is -0.515. The Bertz CT molecular complexity index is 606. The van der Waals surface area contributed by atoms with E-state index in [1.807, 2.05) is 0 Å². The van der Waals surface area contributed by atoms with Crippen LogP contribution in [-0.4, -0.2) is 28.3 Å². The molecule has 1 aliphatic rings. The Hall–Kier alpha value is -2.18. The molecule has 0 aromatic carbocycles. The molecule has 1 aromatic rings. The number of aromatic nitrogens is 2. The Morgan fingerprint density at radius 2 is 2.15 bits per heavy atom. The van der Waals surface area contributed by atoms with Gasteiger partial charge in [0.1, 0.15) is 0 Å². The van der Waals surface area contributed by atoms with Gasteiger partial charge in [0.25, 0.3) is 5.56 Å². The average molecular weight is 278 g/mol. The van der Waals surface area contributed by atoms with Gasteiger partial charge in [-0.3, -0.25) is 24.7 Å². The number of aromatic amines is 1. The topological polar surface area (TPSA) is 104 Å². The third-order valence-electron chi connectivity index (χ3n) is 3.36. The van der Waals surface area contributed by atoms with Crippen molar-refractivity contribution in [3.05, 3.63) is 22.1 Å². The van der Waals surface area contributed by atoms with Gasteiger partial charge in [-0.15, -0.1) is 0 Å². The van der Waals surface area contributed by atoms with E-state index in [0.717, 1.165) is 0 Å². The summed E-state index contributed by atoms with van der Waals surface area (Å²) in [4.78, 5) is 41.6. The second-order valence-electron chi connectivity index (χ2n) is 5.72. The maximum absolute atomic E-state index is 12.2. The van der Waals surface area contributed by atoms with E-state index in [1.165, 1.54) is 6.07 Å². The summed E-state index contributed by atoms with van der Waals surface area (Å²) >= 11 is 0. The lowest BCUT2D eigenvalue weighted by Crippen LogP contribution is -2.49. The second-order valence-corrected chi connectivity index (χ2v) is 5.72. The number of amides is 2. The molecule has 1 atom stereocenters. The molecular formula is C13H18N4O3. The number of anilines is 1. The monoisotopic (exact) mass is 278 g/mol. The molecule has 0 aliphatic carbocycles. The number of carbonyl (C=O) groups is 2. The molecule has 2 amide bonds. The van der Waals surface area contributed by atoms with Crippen LogP contribution >= 0.6 is 0 Å². The van der Waals surface area contributed by atoms with E-state index in [-0.39, 0.29) is 29.2 Å². The van der Waals surface area contributed by atoms with Crippen molar-refractivity contribution in [1.82, 2.24) is 15.3 Å². The van der Waals surface area contributed by atoms with Gasteiger partial charge in [0.2, 0.25) is 17.8 Å². The highest BCUT2D eigenvalue weighted by Gasteiger charge is 2.38. The number of piperidine rings is 1. The van der Waals surface area contributed by atoms with Gasteiger partial charge < -0.3 is 5.32 Å². The number of nitrogens with one attached hydrogen (secondary N) is 3. The Morgan fingerprint density at radius 1 is 1.45 bits per heavy atom. The number of hydrogen-bond donors (Lipinski definition) is 3. The molecular weight excluding hydrogens is 260 g/mol. The Labute approximate surface area is 116 Å². The fourth-order valence-electron chi connectivity index (χ4n) is 2.28. The molecule has 1 saturated heterocycles. The van der Waals surface area contributed by atoms with E-state index in [4.69, 9.17) is 0 Å². The van der Waals surface area contributed by atoms with Gasteiger partial charge in [-0.25, -0.2) is 4.98 Å². The normalized spacial score (nSPS) is 21.1. The molecule has 1 unspecified atom stereocenters. The van der Waals surface area contributed by atoms with Gasteiger partial charge in [-0.1, -0.05) is 13.8 Å². The lowest BCUT2D eigenvalue weighted by atomic mass is 9.78. The van der Waals surface area contributed by atoms with Crippen molar-refractivity contribution in [2.75, 3.05) is 11.9 Å². The molecule has 108 valence electrons. The number of aryl methyl sites for hydroxylation is 1. The van der Waals surface area contributed by atoms with E-state index in [9.17, 15) is 14.4 Å². The third-order valence-corrected chi connectivity index (χ3v) is 3.36. The Kier molecular flexibility index (Phi) is 3.61. The number of H-pyrrole nitrogens is 1. The SMILES string of the molecule is Cc1cc(=O)[nH]c(NC(=O)C2CNC(=O)C(C)(C)C2)n1. The van der Waals surface area contributed by atoms with Crippen LogP contribution in [0, 0.1) is 18.3 Å². The lowest BCUT2D eigenvalue weighted by Gasteiger charge is -2.33. The van der Waals surface area contributed by atoms with Crippen molar-refractivity contribution < 1.29 is 9.59 Å². The fourth-order valence-corrected chi connectivity index (χ4v) is 2.28. The highest BCUT2D eigenvalue weighted by molar-refractivity contribution is 5.93. The molecule has 1 aliphatic heterocycles. The maximum Gasteiger partial charge on any atom is 0.252 e. The Morgan fingerprint density at radius 3 is 2.75 bits per heavy atom. The third kappa shape index (κ3) is 3.04. The van der Waals surface area contributed by atoms with E-state index in [2.05, 4.69) is 20.6 Å². The molecule has 7 heteroatoms. The van der Waals surface area contributed by atoms with Gasteiger partial charge in [0.05, 0.1) is 5.92 Å². The van der Waals surface area contributed by atoms with Crippen molar-refractivity contribution in [1.29, 1.82) is 0 Å². The van der Waals surface area contributed by atoms with Crippen LogP contribution in [0.2, 0.25) is 0 Å². The highest BCUT2D eigenvalue weighted by atomic mass is 16.2. The zero-order chi connectivity index (χ0) is 14.9. The molecule has 1 fully saturated rings. The first-order valence-corrected chi connectivity index (χ1v) is 6.45. The summed E-state index contributed by atoms with van der Waals surface area (Å²) in [7, 11) is 0. The maximum atomic E-state index is 12.2. The molecule has 1 aromatic heterocycles. The molecule has 7 nitrogen and oxygen atoms in total. The minimum atomic E-state index is -0.576. The van der Waals surface area contributed by atoms with Crippen LogP contribution in [0.1, 0.15) is 26.0 Å². The van der Waals surface area contributed by atoms with Crippen molar-refractivity contribution >= 4 is 17.8 Å². The van der Waals surface area contributed by atoms with Crippen molar-refractivity contribution in [2.45, 2.75) is 27.2 Å². The summed E-state index contributed by atoms with van der Waals surface area (Å²) in [5, 5.41) is 5.31. The van der Waals surface area contributed by atoms with Gasteiger partial charge in [-0.2, -0.15) is 0 Å². The van der Waals surface area contributed by atoms with Gasteiger partial charge in [-0.05, 0) is 13.3 Å². The fraction of sp³-hybridized carbons (Fsp3) is 0.538. The molecule has 0 spiro atoms. The first-order valence-electron chi connectivity index (χ1n) is 6.45. The summed E-state index contributed by atoms with van der Waals surface area (Å²) < 4.78 is 0. The van der Waals surface area contributed by atoms with Gasteiger partial charge in [0.15, 0.2) is 0 Å². The number of hydrogen-bond acceptors (Lipinski definition) is 4. The van der Waals surface area contributed by atoms with Crippen molar-refractivity contribution in [3.8, 4) is 0 Å². The first kappa shape index (κ1) is 14.2. The van der Waals surface area contributed by atoms with E-state index in [1.54, 1.807) is 20.8 Å². The molecule has 20 heavy (non-hydrogen) atoms. The zero-order valence-corrected chi connectivity index (χ0v) is 11.7. The van der Waals surface area contributed by atoms with Crippen LogP contribution < -0.4 is 16.2 Å². The number of rotatable bonds is 2. The van der Waals surface area contributed by atoms with Crippen LogP contribution in [0.4, 0.5) is 5.95 Å². The molecule has 0 bridgehead atoms. The minimum Gasteiger partial charge on any atom is -0.355 e. The predicted molar refractivity (Wildman–Crippen MR) is 73.1 cm³/mol. The molecule has 2 rings (SSSR count). The Balaban J connectivity index is 2.09. The highest BCUT2D eigenvalue weighted by Crippen LogP contribution is 2.29.